The molecule has 0 heterocycles. The van der Waals surface area contributed by atoms with Crippen molar-refractivity contribution in [1.82, 2.24) is 10.6 Å². The first kappa shape index (κ1) is 22.0. The fourth-order valence-corrected chi connectivity index (χ4v) is 2.30. The molecule has 1 aromatic rings. The maximum atomic E-state index is 11.0. The summed E-state index contributed by atoms with van der Waals surface area (Å²) in [5.74, 6) is 1.36. The van der Waals surface area contributed by atoms with Crippen molar-refractivity contribution in [3.8, 4) is 0 Å². The largest absolute Gasteiger partial charge is 0.381 e. The molecule has 6 heteroatoms. The molecule has 0 bridgehead atoms. The third kappa shape index (κ3) is 10.7. The normalized spacial score (nSPS) is 11.5. The SMILES string of the molecule is CCNC(=NCCCOCC(C)C)NCCc1ccc(NC(C)=O)cc1. The van der Waals surface area contributed by atoms with Gasteiger partial charge in [0, 0.05) is 45.5 Å². The zero-order chi connectivity index (χ0) is 19.2. The maximum absolute atomic E-state index is 11.0. The molecular weight excluding hydrogens is 328 g/mol. The summed E-state index contributed by atoms with van der Waals surface area (Å²) in [4.78, 5) is 15.6. The molecule has 0 saturated heterocycles. The number of rotatable bonds is 11. The molecule has 0 aromatic heterocycles. The van der Waals surface area contributed by atoms with Gasteiger partial charge in [-0.05, 0) is 43.4 Å². The molecule has 1 aromatic carbocycles. The monoisotopic (exact) mass is 362 g/mol. The number of nitrogens with one attached hydrogen (secondary N) is 3. The number of aliphatic imine (C=N–C) groups is 1. The minimum atomic E-state index is -0.0551. The second-order valence-electron chi connectivity index (χ2n) is 6.64. The zero-order valence-corrected chi connectivity index (χ0v) is 16.6. The van der Waals surface area contributed by atoms with Gasteiger partial charge in [0.15, 0.2) is 5.96 Å². The van der Waals surface area contributed by atoms with Crippen LogP contribution >= 0.6 is 0 Å². The maximum Gasteiger partial charge on any atom is 0.221 e. The highest BCUT2D eigenvalue weighted by molar-refractivity contribution is 5.88. The Morgan fingerprint density at radius 3 is 2.54 bits per heavy atom. The molecule has 26 heavy (non-hydrogen) atoms. The van der Waals surface area contributed by atoms with Crippen molar-refractivity contribution in [1.29, 1.82) is 0 Å². The topological polar surface area (TPSA) is 74.8 Å². The number of ether oxygens (including phenoxy) is 1. The lowest BCUT2D eigenvalue weighted by molar-refractivity contribution is -0.114. The Balaban J connectivity index is 2.31. The van der Waals surface area contributed by atoms with Gasteiger partial charge in [0.1, 0.15) is 0 Å². The molecule has 0 unspecified atom stereocenters. The number of benzene rings is 1. The van der Waals surface area contributed by atoms with Crippen molar-refractivity contribution < 1.29 is 9.53 Å². The Bertz CT molecular complexity index is 541. The number of hydrogen-bond acceptors (Lipinski definition) is 3. The molecule has 0 fully saturated rings. The van der Waals surface area contributed by atoms with Gasteiger partial charge in [-0.3, -0.25) is 9.79 Å². The van der Waals surface area contributed by atoms with Gasteiger partial charge in [0.2, 0.25) is 5.91 Å². The predicted molar refractivity (Wildman–Crippen MR) is 109 cm³/mol. The molecule has 0 atom stereocenters. The van der Waals surface area contributed by atoms with Gasteiger partial charge in [-0.25, -0.2) is 0 Å². The van der Waals surface area contributed by atoms with Gasteiger partial charge < -0.3 is 20.7 Å². The van der Waals surface area contributed by atoms with E-state index in [1.54, 1.807) is 0 Å². The number of anilines is 1. The van der Waals surface area contributed by atoms with Crippen molar-refractivity contribution in [3.05, 3.63) is 29.8 Å². The Kier molecular flexibility index (Phi) is 11.1. The van der Waals surface area contributed by atoms with Crippen molar-refractivity contribution in [2.45, 2.75) is 40.5 Å². The summed E-state index contributed by atoms with van der Waals surface area (Å²) in [6.07, 6.45) is 1.82. The molecule has 1 amide bonds. The second kappa shape index (κ2) is 13.2. The van der Waals surface area contributed by atoms with Gasteiger partial charge in [-0.1, -0.05) is 26.0 Å². The summed E-state index contributed by atoms with van der Waals surface area (Å²) < 4.78 is 5.57. The van der Waals surface area contributed by atoms with E-state index in [0.29, 0.717) is 5.92 Å². The first-order valence-corrected chi connectivity index (χ1v) is 9.47. The first-order chi connectivity index (χ1) is 12.5. The Morgan fingerprint density at radius 1 is 1.19 bits per heavy atom. The van der Waals surface area contributed by atoms with Crippen LogP contribution < -0.4 is 16.0 Å². The lowest BCUT2D eigenvalue weighted by Crippen LogP contribution is -2.38. The number of amides is 1. The van der Waals surface area contributed by atoms with Gasteiger partial charge >= 0.3 is 0 Å². The van der Waals surface area contributed by atoms with Crippen LogP contribution in [0.15, 0.2) is 29.3 Å². The summed E-state index contributed by atoms with van der Waals surface area (Å²) in [6, 6.07) is 7.91. The quantitative estimate of drug-likeness (QED) is 0.321. The van der Waals surface area contributed by atoms with E-state index in [1.807, 2.05) is 24.3 Å². The third-order valence-electron chi connectivity index (χ3n) is 3.49. The summed E-state index contributed by atoms with van der Waals surface area (Å²) in [6.45, 7) is 11.8. The average molecular weight is 363 g/mol. The number of nitrogens with zero attached hydrogens (tertiary/aromatic N) is 1. The molecule has 6 nitrogen and oxygen atoms in total. The number of hydrogen-bond donors (Lipinski definition) is 3. The molecule has 1 rings (SSSR count). The summed E-state index contributed by atoms with van der Waals surface area (Å²) in [5.41, 5.74) is 2.04. The van der Waals surface area contributed by atoms with Crippen LogP contribution in [-0.4, -0.2) is 44.7 Å². The van der Waals surface area contributed by atoms with E-state index >= 15 is 0 Å². The van der Waals surface area contributed by atoms with Crippen LogP contribution in [-0.2, 0) is 16.0 Å². The Labute approximate surface area is 157 Å². The zero-order valence-electron chi connectivity index (χ0n) is 16.6. The van der Waals surface area contributed by atoms with E-state index < -0.39 is 0 Å². The fourth-order valence-electron chi connectivity index (χ4n) is 2.30. The van der Waals surface area contributed by atoms with Gasteiger partial charge in [0.05, 0.1) is 0 Å². The molecular formula is C20H34N4O2. The number of carbonyl (C=O) groups is 1. The highest BCUT2D eigenvalue weighted by atomic mass is 16.5. The molecule has 0 saturated carbocycles. The van der Waals surface area contributed by atoms with E-state index in [0.717, 1.165) is 57.3 Å². The highest BCUT2D eigenvalue weighted by Crippen LogP contribution is 2.09. The van der Waals surface area contributed by atoms with Gasteiger partial charge in [0.25, 0.3) is 0 Å². The molecule has 0 radical (unpaired) electrons. The molecule has 3 N–H and O–H groups in total. The number of carbonyl (C=O) groups excluding carboxylic acids is 1. The van der Waals surface area contributed by atoms with Crippen LogP contribution in [0.2, 0.25) is 0 Å². The minimum Gasteiger partial charge on any atom is -0.381 e. The average Bonchev–Trinajstić information content (AvgIpc) is 2.58. The van der Waals surface area contributed by atoms with Gasteiger partial charge in [-0.15, -0.1) is 0 Å². The van der Waals surface area contributed by atoms with Crippen LogP contribution in [0.3, 0.4) is 0 Å². The van der Waals surface area contributed by atoms with Crippen molar-refractivity contribution >= 4 is 17.6 Å². The van der Waals surface area contributed by atoms with Crippen molar-refractivity contribution in [2.75, 3.05) is 38.2 Å². The van der Waals surface area contributed by atoms with E-state index in [2.05, 4.69) is 41.7 Å². The van der Waals surface area contributed by atoms with Gasteiger partial charge in [-0.2, -0.15) is 0 Å². The summed E-state index contributed by atoms with van der Waals surface area (Å²) in [5, 5.41) is 9.39. The van der Waals surface area contributed by atoms with Crippen LogP contribution in [0.25, 0.3) is 0 Å². The predicted octanol–water partition coefficient (Wildman–Crippen LogP) is 2.81. The third-order valence-corrected chi connectivity index (χ3v) is 3.49. The lowest BCUT2D eigenvalue weighted by atomic mass is 10.1. The van der Waals surface area contributed by atoms with Crippen LogP contribution in [0, 0.1) is 5.92 Å². The second-order valence-corrected chi connectivity index (χ2v) is 6.64. The number of guanidine groups is 1. The standard InChI is InChI=1S/C20H34N4O2/c1-5-21-20(22-12-6-14-26-15-16(2)3)23-13-11-18-7-9-19(10-8-18)24-17(4)25/h7-10,16H,5-6,11-15H2,1-4H3,(H,24,25)(H2,21,22,23). The van der Waals surface area contributed by atoms with Crippen LogP contribution in [0.1, 0.15) is 39.7 Å². The van der Waals surface area contributed by atoms with E-state index in [1.165, 1.54) is 12.5 Å². The molecule has 0 aliphatic carbocycles. The summed E-state index contributed by atoms with van der Waals surface area (Å²) in [7, 11) is 0. The van der Waals surface area contributed by atoms with Crippen molar-refractivity contribution in [3.63, 3.8) is 0 Å². The highest BCUT2D eigenvalue weighted by Gasteiger charge is 2.00. The van der Waals surface area contributed by atoms with E-state index in [9.17, 15) is 4.79 Å². The molecule has 0 aliphatic rings. The Morgan fingerprint density at radius 2 is 1.92 bits per heavy atom. The molecule has 146 valence electrons. The van der Waals surface area contributed by atoms with Crippen LogP contribution in [0.5, 0.6) is 0 Å². The van der Waals surface area contributed by atoms with E-state index in [4.69, 9.17) is 4.74 Å². The first-order valence-electron chi connectivity index (χ1n) is 9.47. The molecule has 0 spiro atoms. The smallest absolute Gasteiger partial charge is 0.221 e. The minimum absolute atomic E-state index is 0.0551. The van der Waals surface area contributed by atoms with E-state index in [-0.39, 0.29) is 5.91 Å². The molecule has 0 aliphatic heterocycles. The van der Waals surface area contributed by atoms with Crippen molar-refractivity contribution in [2.24, 2.45) is 10.9 Å². The summed E-state index contributed by atoms with van der Waals surface area (Å²) >= 11 is 0. The fraction of sp³-hybridized carbons (Fsp3) is 0.600. The Hall–Kier alpha value is -2.08. The van der Waals surface area contributed by atoms with Crippen LogP contribution in [0.4, 0.5) is 5.69 Å². The lowest BCUT2D eigenvalue weighted by Gasteiger charge is -2.12.